The van der Waals surface area contributed by atoms with Crippen molar-refractivity contribution in [3.05, 3.63) is 507 Å². The van der Waals surface area contributed by atoms with E-state index >= 15 is 0 Å². The van der Waals surface area contributed by atoms with Gasteiger partial charge in [-0.25, -0.2) is 0 Å². The van der Waals surface area contributed by atoms with Gasteiger partial charge in [-0.05, 0) is 399 Å². The Morgan fingerprint density at radius 2 is 0.368 bits per heavy atom. The molecule has 32 rings (SSSR count). The van der Waals surface area contributed by atoms with E-state index in [9.17, 15) is 0 Å². The molecule has 32 aliphatic rings. The van der Waals surface area contributed by atoms with Gasteiger partial charge in [0, 0.05) is 69.0 Å². The smallest absolute Gasteiger partial charge is 0.0445 e. The summed E-state index contributed by atoms with van der Waals surface area (Å²) in [6.07, 6.45) is 90.5. The third kappa shape index (κ3) is 5.67. The van der Waals surface area contributed by atoms with Gasteiger partial charge in [0.25, 0.3) is 0 Å². The molecule has 0 aromatic rings. The van der Waals surface area contributed by atoms with Crippen molar-refractivity contribution in [2.75, 3.05) is 0 Å². The van der Waals surface area contributed by atoms with Crippen molar-refractivity contribution < 1.29 is 0 Å². The number of hydrogen-bond donors (Lipinski definition) is 0. The molecule has 0 saturated heterocycles. The zero-order valence-corrected chi connectivity index (χ0v) is 68.0. The number of allylic oxidation sites excluding steroid dienone is 88. The van der Waals surface area contributed by atoms with Crippen LogP contribution in [-0.4, -0.2) is 0 Å². The summed E-state index contributed by atoms with van der Waals surface area (Å²) < 4.78 is 0. The molecule has 552 valence electrons. The van der Waals surface area contributed by atoms with Gasteiger partial charge >= 0.3 is 0 Å². The van der Waals surface area contributed by atoms with Gasteiger partial charge in [-0.15, -0.1) is 0 Å². The third-order valence-electron chi connectivity index (χ3n) is 37.3. The minimum Gasteiger partial charge on any atom is -0.0613 e. The molecule has 0 amide bonds. The highest BCUT2D eigenvalue weighted by Gasteiger charge is 2.74. The highest BCUT2D eigenvalue weighted by atomic mass is 14.8. The second kappa shape index (κ2) is 18.9. The predicted octanol–water partition coefficient (Wildman–Crippen LogP) is 26.4. The van der Waals surface area contributed by atoms with Crippen molar-refractivity contribution >= 4 is 0 Å². The second-order valence-electron chi connectivity index (χ2n) is 39.7. The molecule has 10 unspecified atom stereocenters. The van der Waals surface area contributed by atoms with E-state index in [1.165, 1.54) is 123 Å². The highest BCUT2D eigenvalue weighted by Crippen LogP contribution is 2.84. The molecule has 0 saturated carbocycles. The molecular formula is C117H84. The zero-order valence-electron chi connectivity index (χ0n) is 68.0. The van der Waals surface area contributed by atoms with Gasteiger partial charge in [-0.2, -0.15) is 0 Å². The Hall–Kier alpha value is -11.4. The minimum atomic E-state index is -0.288. The summed E-state index contributed by atoms with van der Waals surface area (Å²) in [4.78, 5) is 0. The van der Waals surface area contributed by atoms with Crippen LogP contribution in [0.5, 0.6) is 0 Å². The molecule has 32 aliphatic carbocycles. The summed E-state index contributed by atoms with van der Waals surface area (Å²) in [5.74, 6) is 2.00. The standard InChI is InChI=1S/C117H84/c1-11-56-72-27-19-64-50(5)60-15-17-62-52(7)66-21-29-80-92(86-41-35-74(56)108(86)114(98(60)62,100(64)72)102(66)80)47-94-82-31-23-68-54(9)70-25-33-84-96(90-45-39-78-58(13-3)76-37-43-88(94)110(76)116(104(68)82,106(70)84)112(78)90)49-97-85-34-26-71-55(10)69-24-32-83-95(89-44-38-77-59(14-4)79-40-46-91(97)113(79)117(105(69)83,107(71)85)111(77)89)48-93-81-30-22-67-53(8)63-18-16-61-51(6)65-20-28-73-57(12-2)75-36-42-87(93)109(75)115(99(61)63,101(65)73)103(67)81/h15-46,98,101,103-104,107-108,111-112H,11-14,47-49H2,1-10H3/t98?,101?,103?,104?,107?,108?,111?,112?,114-,115?,116+,117?/m0/s1. The van der Waals surface area contributed by atoms with E-state index < -0.39 is 0 Å². The van der Waals surface area contributed by atoms with Crippen molar-refractivity contribution in [1.82, 2.24) is 0 Å². The van der Waals surface area contributed by atoms with Gasteiger partial charge in [-0.3, -0.25) is 0 Å². The van der Waals surface area contributed by atoms with Crippen LogP contribution in [0.4, 0.5) is 0 Å². The lowest BCUT2D eigenvalue weighted by Crippen LogP contribution is -2.52. The molecule has 12 atom stereocenters. The highest BCUT2D eigenvalue weighted by molar-refractivity contribution is 5.96. The van der Waals surface area contributed by atoms with Gasteiger partial charge in [0.15, 0.2) is 0 Å². The molecule has 0 nitrogen and oxygen atoms in total. The number of hydrogen-bond acceptors (Lipinski definition) is 0. The van der Waals surface area contributed by atoms with Crippen LogP contribution < -0.4 is 0 Å². The Labute approximate surface area is 685 Å². The van der Waals surface area contributed by atoms with Crippen LogP contribution in [0.3, 0.4) is 0 Å². The molecule has 0 heterocycles. The van der Waals surface area contributed by atoms with Gasteiger partial charge in [0.2, 0.25) is 0 Å². The van der Waals surface area contributed by atoms with Crippen LogP contribution >= 0.6 is 0 Å². The van der Waals surface area contributed by atoms with Crippen molar-refractivity contribution in [3.63, 3.8) is 0 Å². The SMILES string of the molecule is CCC1=C2C=CC3=C2C24C5=C(C=CC5=C(CC5=C6C=CC7=C6C68C9=C(C=CC9=C(C)C9=CC=C5C96)C(C)=C5C=CC(=C7CC)C58)C5=CC=C1C52)C(C)=C1C=CC(=C3CC2=C3C=CC5=C3[C@]36C7=C(C=CC7=C(CC)C7=CC=C2C73)C(CC2=C3C=CC7=C3[C@]38C9=C(C=CC9=C(CC)C9=CC=C2C93)C(C)=C2C=CC(=C7C)C28)=C2C=CC(=C5C)C26)C14. The summed E-state index contributed by atoms with van der Waals surface area (Å²) in [5.41, 5.74) is 86.4. The van der Waals surface area contributed by atoms with Gasteiger partial charge in [-0.1, -0.05) is 222 Å². The fourth-order valence-electron chi connectivity index (χ4n) is 34.1. The second-order valence-corrected chi connectivity index (χ2v) is 39.7. The Kier molecular flexibility index (Phi) is 10.00. The first-order valence-corrected chi connectivity index (χ1v) is 44.9. The normalized spacial score (nSPS) is 36.5. The zero-order chi connectivity index (χ0) is 76.5. The molecule has 0 aliphatic heterocycles. The molecular weight excluding hydrogens is 1410 g/mol. The Balaban J connectivity index is 0.561. The minimum absolute atomic E-state index is 0.170. The molecule has 4 spiro atoms. The molecule has 0 aromatic carbocycles. The average Bonchev–Trinajstić information content (AvgIpc) is 1.52. The van der Waals surface area contributed by atoms with Crippen LogP contribution in [0, 0.1) is 69.0 Å². The van der Waals surface area contributed by atoms with Gasteiger partial charge in [0.1, 0.15) is 0 Å². The predicted molar refractivity (Wildman–Crippen MR) is 470 cm³/mol. The fourth-order valence-corrected chi connectivity index (χ4v) is 34.1. The van der Waals surface area contributed by atoms with Crippen LogP contribution in [0.25, 0.3) is 0 Å². The van der Waals surface area contributed by atoms with E-state index in [4.69, 9.17) is 0 Å². The summed E-state index contributed by atoms with van der Waals surface area (Å²) in [7, 11) is 0. The van der Waals surface area contributed by atoms with E-state index in [1.807, 2.05) is 0 Å². The molecule has 0 aromatic heterocycles. The van der Waals surface area contributed by atoms with Crippen LogP contribution in [0.2, 0.25) is 0 Å². The van der Waals surface area contributed by atoms with Crippen LogP contribution in [0.15, 0.2) is 507 Å². The first-order chi connectivity index (χ1) is 57.4. The molecule has 0 N–H and O–H groups in total. The van der Waals surface area contributed by atoms with E-state index in [0.29, 0.717) is 11.8 Å². The first kappa shape index (κ1) is 61.9. The molecule has 0 radical (unpaired) electrons. The van der Waals surface area contributed by atoms with E-state index in [2.05, 4.69) is 264 Å². The quantitative estimate of drug-likeness (QED) is 0.205. The average molecular weight is 1490 g/mol. The molecule has 0 bridgehead atoms. The fraction of sp³-hybridized carbons (Fsp3) is 0.248. The van der Waals surface area contributed by atoms with Crippen molar-refractivity contribution in [2.45, 2.75) is 114 Å². The maximum atomic E-state index is 2.69. The topological polar surface area (TPSA) is 0 Å². The summed E-state index contributed by atoms with van der Waals surface area (Å²) >= 11 is 0. The molecule has 117 heavy (non-hydrogen) atoms. The van der Waals surface area contributed by atoms with Crippen molar-refractivity contribution in [3.8, 4) is 0 Å². The maximum Gasteiger partial charge on any atom is 0.0445 e. The molecule has 0 fully saturated rings. The Morgan fingerprint density at radius 1 is 0.171 bits per heavy atom. The number of rotatable bonds is 10. The largest absolute Gasteiger partial charge is 0.0613 e. The van der Waals surface area contributed by atoms with Crippen LogP contribution in [-0.2, 0) is 0 Å². The van der Waals surface area contributed by atoms with Crippen molar-refractivity contribution in [1.29, 1.82) is 0 Å². The summed E-state index contributed by atoms with van der Waals surface area (Å²) in [6.45, 7) is 24.7. The van der Waals surface area contributed by atoms with E-state index in [1.54, 1.807) is 189 Å². The van der Waals surface area contributed by atoms with E-state index in [-0.39, 0.29) is 57.2 Å². The van der Waals surface area contributed by atoms with Crippen LogP contribution in [0.1, 0.15) is 114 Å². The van der Waals surface area contributed by atoms with E-state index in [0.717, 1.165) is 44.9 Å². The lowest BCUT2D eigenvalue weighted by molar-refractivity contribution is 0.255. The summed E-state index contributed by atoms with van der Waals surface area (Å²) in [6, 6.07) is 0. The van der Waals surface area contributed by atoms with Gasteiger partial charge < -0.3 is 0 Å². The monoisotopic (exact) mass is 1490 g/mol. The lowest BCUT2D eigenvalue weighted by atomic mass is 9.41. The third-order valence-corrected chi connectivity index (χ3v) is 37.3. The Bertz CT molecular complexity index is 7500. The van der Waals surface area contributed by atoms with Crippen molar-refractivity contribution in [2.24, 2.45) is 69.0 Å². The Morgan fingerprint density at radius 3 is 0.675 bits per heavy atom. The maximum absolute atomic E-state index is 2.69. The summed E-state index contributed by atoms with van der Waals surface area (Å²) in [5, 5.41) is 0. The van der Waals surface area contributed by atoms with Gasteiger partial charge in [0.05, 0.1) is 0 Å². The molecule has 0 heteroatoms. The first-order valence-electron chi connectivity index (χ1n) is 44.9. The lowest BCUT2D eigenvalue weighted by Gasteiger charge is -2.61.